The Morgan fingerprint density at radius 2 is 2.10 bits per heavy atom. The van der Waals surface area contributed by atoms with Gasteiger partial charge >= 0.3 is 0 Å². The van der Waals surface area contributed by atoms with Crippen LogP contribution in [0.1, 0.15) is 29.6 Å². The van der Waals surface area contributed by atoms with Crippen molar-refractivity contribution in [2.24, 2.45) is 0 Å². The normalized spacial score (nSPS) is 18.8. The van der Waals surface area contributed by atoms with Gasteiger partial charge in [-0.1, -0.05) is 35.5 Å². The molecule has 5 nitrogen and oxygen atoms in total. The van der Waals surface area contributed by atoms with E-state index in [-0.39, 0.29) is 0 Å². The van der Waals surface area contributed by atoms with Crippen molar-refractivity contribution >= 4 is 0 Å². The fourth-order valence-corrected chi connectivity index (χ4v) is 2.42. The second-order valence-corrected chi connectivity index (χ2v) is 5.26. The first-order valence-corrected chi connectivity index (χ1v) is 6.94. The Morgan fingerprint density at radius 3 is 2.85 bits per heavy atom. The smallest absolute Gasteiger partial charge is 0.240 e. The average molecular weight is 273 g/mol. The predicted octanol–water partition coefficient (Wildman–Crippen LogP) is 2.21. The third-order valence-corrected chi connectivity index (χ3v) is 3.48. The van der Waals surface area contributed by atoms with Gasteiger partial charge in [-0.3, -0.25) is 4.90 Å². The van der Waals surface area contributed by atoms with E-state index in [9.17, 15) is 0 Å². The third-order valence-electron chi connectivity index (χ3n) is 3.48. The minimum Gasteiger partial charge on any atom is -0.381 e. The van der Waals surface area contributed by atoms with Gasteiger partial charge in [0.1, 0.15) is 0 Å². The van der Waals surface area contributed by atoms with Crippen molar-refractivity contribution in [1.82, 2.24) is 15.0 Å². The molecule has 1 aliphatic heterocycles. The van der Waals surface area contributed by atoms with Gasteiger partial charge in [0.15, 0.2) is 5.82 Å². The molecule has 2 heterocycles. The second kappa shape index (κ2) is 6.15. The first kappa shape index (κ1) is 13.3. The lowest BCUT2D eigenvalue weighted by Gasteiger charge is -2.13. The van der Waals surface area contributed by atoms with Crippen LogP contribution < -0.4 is 0 Å². The molecular formula is C15H19N3O2. The van der Waals surface area contributed by atoms with Crippen LogP contribution in [0.15, 0.2) is 34.9 Å². The minimum atomic E-state index is 0.298. The van der Waals surface area contributed by atoms with Crippen LogP contribution in [-0.2, 0) is 17.8 Å². The van der Waals surface area contributed by atoms with Gasteiger partial charge in [0.25, 0.3) is 0 Å². The Hall–Kier alpha value is -1.72. The van der Waals surface area contributed by atoms with Crippen molar-refractivity contribution in [2.75, 3.05) is 20.3 Å². The molecule has 0 spiro atoms. The van der Waals surface area contributed by atoms with E-state index in [2.05, 4.69) is 34.2 Å². The Morgan fingerprint density at radius 1 is 1.25 bits per heavy atom. The monoisotopic (exact) mass is 273 g/mol. The van der Waals surface area contributed by atoms with E-state index in [1.807, 2.05) is 18.2 Å². The highest BCUT2D eigenvalue weighted by Gasteiger charge is 2.23. The first-order valence-electron chi connectivity index (χ1n) is 6.94. The van der Waals surface area contributed by atoms with Crippen LogP contribution in [0.2, 0.25) is 0 Å². The minimum absolute atomic E-state index is 0.298. The van der Waals surface area contributed by atoms with Crippen LogP contribution in [0.3, 0.4) is 0 Å². The molecule has 0 bridgehead atoms. The van der Waals surface area contributed by atoms with Crippen LogP contribution in [0.5, 0.6) is 0 Å². The molecule has 3 rings (SSSR count). The summed E-state index contributed by atoms with van der Waals surface area (Å²) in [7, 11) is 2.05. The van der Waals surface area contributed by atoms with E-state index < -0.39 is 0 Å². The lowest BCUT2D eigenvalue weighted by atomic mass is 10.1. The molecule has 1 atom stereocenters. The number of nitrogens with zero attached hydrogens (tertiary/aromatic N) is 3. The second-order valence-electron chi connectivity index (χ2n) is 5.26. The summed E-state index contributed by atoms with van der Waals surface area (Å²) in [6.07, 6.45) is 0.985. The molecule has 0 amide bonds. The quantitative estimate of drug-likeness (QED) is 0.836. The number of hydrogen-bond acceptors (Lipinski definition) is 5. The van der Waals surface area contributed by atoms with E-state index in [0.29, 0.717) is 25.0 Å². The number of aromatic nitrogens is 2. The summed E-state index contributed by atoms with van der Waals surface area (Å²) in [5.41, 5.74) is 1.28. The van der Waals surface area contributed by atoms with E-state index in [1.165, 1.54) is 5.56 Å². The molecule has 1 saturated heterocycles. The molecule has 20 heavy (non-hydrogen) atoms. The van der Waals surface area contributed by atoms with Gasteiger partial charge < -0.3 is 9.26 Å². The van der Waals surface area contributed by atoms with Gasteiger partial charge in [-0.15, -0.1) is 0 Å². The third kappa shape index (κ3) is 3.23. The van der Waals surface area contributed by atoms with Crippen LogP contribution in [0, 0.1) is 0 Å². The molecule has 106 valence electrons. The molecule has 1 aromatic carbocycles. The molecule has 2 aromatic rings. The summed E-state index contributed by atoms with van der Waals surface area (Å²) in [4.78, 5) is 6.64. The number of hydrogen-bond donors (Lipinski definition) is 0. The lowest BCUT2D eigenvalue weighted by Crippen LogP contribution is -2.17. The van der Waals surface area contributed by atoms with Crippen molar-refractivity contribution in [3.8, 4) is 0 Å². The molecule has 0 unspecified atom stereocenters. The van der Waals surface area contributed by atoms with Crippen molar-refractivity contribution in [3.63, 3.8) is 0 Å². The molecule has 1 aromatic heterocycles. The van der Waals surface area contributed by atoms with Crippen molar-refractivity contribution < 1.29 is 9.26 Å². The molecule has 0 N–H and O–H groups in total. The topological polar surface area (TPSA) is 51.4 Å². The summed E-state index contributed by atoms with van der Waals surface area (Å²) in [6, 6.07) is 10.4. The van der Waals surface area contributed by atoms with Crippen molar-refractivity contribution in [3.05, 3.63) is 47.6 Å². The molecule has 0 aliphatic carbocycles. The fourth-order valence-electron chi connectivity index (χ4n) is 2.42. The highest BCUT2D eigenvalue weighted by Crippen LogP contribution is 2.22. The zero-order chi connectivity index (χ0) is 13.8. The molecule has 1 aliphatic rings. The summed E-state index contributed by atoms with van der Waals surface area (Å²) in [5, 5.41) is 4.07. The van der Waals surface area contributed by atoms with Gasteiger partial charge in [0.2, 0.25) is 5.89 Å². The van der Waals surface area contributed by atoms with Gasteiger partial charge in [-0.05, 0) is 19.0 Å². The molecule has 0 radical (unpaired) electrons. The van der Waals surface area contributed by atoms with Crippen LogP contribution in [0.25, 0.3) is 0 Å². The molecule has 1 fully saturated rings. The summed E-state index contributed by atoms with van der Waals surface area (Å²) in [5.74, 6) is 1.75. The van der Waals surface area contributed by atoms with E-state index in [1.54, 1.807) is 0 Å². The van der Waals surface area contributed by atoms with Gasteiger partial charge in [0, 0.05) is 19.1 Å². The SMILES string of the molecule is CN(Cc1ccccc1)Cc1nc([C@H]2CCOC2)no1. The molecule has 5 heteroatoms. The zero-order valence-corrected chi connectivity index (χ0v) is 11.7. The first-order chi connectivity index (χ1) is 9.81. The Labute approximate surface area is 118 Å². The van der Waals surface area contributed by atoms with Crippen molar-refractivity contribution in [2.45, 2.75) is 25.4 Å². The summed E-state index contributed by atoms with van der Waals surface area (Å²) in [6.45, 7) is 3.03. The number of rotatable bonds is 5. The van der Waals surface area contributed by atoms with Gasteiger partial charge in [-0.2, -0.15) is 4.98 Å². The maximum Gasteiger partial charge on any atom is 0.240 e. The number of benzene rings is 1. The Balaban J connectivity index is 1.57. The lowest BCUT2D eigenvalue weighted by molar-refractivity contribution is 0.192. The maximum absolute atomic E-state index is 5.35. The predicted molar refractivity (Wildman–Crippen MR) is 74.1 cm³/mol. The average Bonchev–Trinajstić information content (AvgIpc) is 3.10. The van der Waals surface area contributed by atoms with Crippen molar-refractivity contribution in [1.29, 1.82) is 0 Å². The van der Waals surface area contributed by atoms with Crippen LogP contribution >= 0.6 is 0 Å². The fraction of sp³-hybridized carbons (Fsp3) is 0.467. The van der Waals surface area contributed by atoms with Crippen LogP contribution in [-0.4, -0.2) is 35.3 Å². The van der Waals surface area contributed by atoms with E-state index in [4.69, 9.17) is 9.26 Å². The van der Waals surface area contributed by atoms with Gasteiger partial charge in [0.05, 0.1) is 13.2 Å². The standard InChI is InChI=1S/C15H19N3O2/c1-18(9-12-5-3-2-4-6-12)10-14-16-15(17-20-14)13-7-8-19-11-13/h2-6,13H,7-11H2,1H3/t13-/m0/s1. The van der Waals surface area contributed by atoms with Crippen LogP contribution in [0.4, 0.5) is 0 Å². The molecule has 0 saturated carbocycles. The zero-order valence-electron chi connectivity index (χ0n) is 11.7. The Bertz CT molecular complexity index is 535. The van der Waals surface area contributed by atoms with E-state index >= 15 is 0 Å². The number of ether oxygens (including phenoxy) is 1. The Kier molecular flexibility index (Phi) is 4.08. The maximum atomic E-state index is 5.35. The highest BCUT2D eigenvalue weighted by atomic mass is 16.5. The highest BCUT2D eigenvalue weighted by molar-refractivity contribution is 5.14. The van der Waals surface area contributed by atoms with Gasteiger partial charge in [-0.25, -0.2) is 0 Å². The van der Waals surface area contributed by atoms with E-state index in [0.717, 1.165) is 25.4 Å². The molecular weight excluding hydrogens is 254 g/mol. The summed E-state index contributed by atoms with van der Waals surface area (Å²) < 4.78 is 10.7. The largest absolute Gasteiger partial charge is 0.381 e. The summed E-state index contributed by atoms with van der Waals surface area (Å²) >= 11 is 0.